The molecule has 0 aliphatic rings. The van der Waals surface area contributed by atoms with Crippen LogP contribution in [0, 0.1) is 6.92 Å². The minimum absolute atomic E-state index is 0.183. The van der Waals surface area contributed by atoms with E-state index in [2.05, 4.69) is 15.3 Å². The van der Waals surface area contributed by atoms with Gasteiger partial charge in [-0.25, -0.2) is 18.4 Å². The first-order chi connectivity index (χ1) is 13.0. The third-order valence-electron chi connectivity index (χ3n) is 3.88. The maximum Gasteiger partial charge on any atom is 0.433 e. The highest BCUT2D eigenvalue weighted by Crippen LogP contribution is 2.30. The van der Waals surface area contributed by atoms with Gasteiger partial charge in [0.2, 0.25) is 5.95 Å². The van der Waals surface area contributed by atoms with Gasteiger partial charge >= 0.3 is 6.18 Å². The van der Waals surface area contributed by atoms with Crippen LogP contribution in [0.5, 0.6) is 0 Å². The number of hydrogen-bond donors (Lipinski definition) is 1. The third kappa shape index (κ3) is 4.66. The van der Waals surface area contributed by atoms with E-state index < -0.39 is 21.7 Å². The number of halogens is 3. The summed E-state index contributed by atoms with van der Waals surface area (Å²) < 4.78 is 62.0. The number of nitrogens with one attached hydrogen (secondary N) is 1. The van der Waals surface area contributed by atoms with Gasteiger partial charge in [0.15, 0.2) is 9.84 Å². The van der Waals surface area contributed by atoms with Crippen LogP contribution in [0.4, 0.5) is 24.8 Å². The highest BCUT2D eigenvalue weighted by Gasteiger charge is 2.32. The Morgan fingerprint density at radius 3 is 2.43 bits per heavy atom. The van der Waals surface area contributed by atoms with Crippen LogP contribution in [0.1, 0.15) is 11.3 Å². The first kappa shape index (κ1) is 19.8. The summed E-state index contributed by atoms with van der Waals surface area (Å²) >= 11 is 0. The fourth-order valence-electron chi connectivity index (χ4n) is 2.63. The molecule has 1 aromatic heterocycles. The van der Waals surface area contributed by atoms with Gasteiger partial charge in [-0.15, -0.1) is 0 Å². The van der Waals surface area contributed by atoms with Crippen LogP contribution in [0.2, 0.25) is 0 Å². The van der Waals surface area contributed by atoms with Crippen LogP contribution < -0.4 is 5.32 Å². The maximum atomic E-state index is 12.8. The van der Waals surface area contributed by atoms with Crippen molar-refractivity contribution in [1.82, 2.24) is 9.97 Å². The first-order valence-electron chi connectivity index (χ1n) is 8.12. The molecule has 1 N–H and O–H groups in total. The average Bonchev–Trinajstić information content (AvgIpc) is 2.60. The number of nitrogens with zero attached hydrogens (tertiary/aromatic N) is 2. The lowest BCUT2D eigenvalue weighted by Crippen LogP contribution is -2.10. The fraction of sp³-hybridized carbons (Fsp3) is 0.158. The molecule has 28 heavy (non-hydrogen) atoms. The molecule has 0 spiro atoms. The molecular formula is C19H16F3N3O2S. The van der Waals surface area contributed by atoms with Gasteiger partial charge in [-0.2, -0.15) is 13.2 Å². The minimum Gasteiger partial charge on any atom is -0.324 e. The summed E-state index contributed by atoms with van der Waals surface area (Å²) in [5.74, 6) is -0.184. The van der Waals surface area contributed by atoms with Gasteiger partial charge < -0.3 is 5.32 Å². The monoisotopic (exact) mass is 407 g/mol. The number of sulfone groups is 1. The number of hydrogen-bond acceptors (Lipinski definition) is 5. The van der Waals surface area contributed by atoms with E-state index in [0.717, 1.165) is 24.1 Å². The first-order valence-corrected chi connectivity index (χ1v) is 10.0. The van der Waals surface area contributed by atoms with Crippen molar-refractivity contribution in [3.8, 4) is 11.1 Å². The number of benzene rings is 2. The smallest absolute Gasteiger partial charge is 0.324 e. The van der Waals surface area contributed by atoms with Gasteiger partial charge in [0, 0.05) is 18.1 Å². The average molecular weight is 407 g/mol. The third-order valence-corrected chi connectivity index (χ3v) is 4.99. The molecule has 3 aromatic rings. The Hall–Kier alpha value is -2.94. The number of aryl methyl sites for hydroxylation is 1. The molecule has 0 atom stereocenters. The molecular weight excluding hydrogens is 391 g/mol. The van der Waals surface area contributed by atoms with E-state index in [4.69, 9.17) is 0 Å². The molecule has 2 aromatic carbocycles. The largest absolute Gasteiger partial charge is 0.433 e. The van der Waals surface area contributed by atoms with Crippen molar-refractivity contribution in [2.24, 2.45) is 0 Å². The van der Waals surface area contributed by atoms with Crippen molar-refractivity contribution < 1.29 is 21.6 Å². The molecule has 1 heterocycles. The summed E-state index contributed by atoms with van der Waals surface area (Å²) in [7, 11) is -3.36. The molecule has 9 heteroatoms. The van der Waals surface area contributed by atoms with E-state index in [-0.39, 0.29) is 10.8 Å². The van der Waals surface area contributed by atoms with Gasteiger partial charge in [-0.3, -0.25) is 0 Å². The molecule has 0 fully saturated rings. The molecule has 0 bridgehead atoms. The second-order valence-corrected chi connectivity index (χ2v) is 8.29. The molecule has 0 saturated carbocycles. The summed E-state index contributed by atoms with van der Waals surface area (Å²) in [5.41, 5.74) is 1.65. The summed E-state index contributed by atoms with van der Waals surface area (Å²) in [4.78, 5) is 7.50. The summed E-state index contributed by atoms with van der Waals surface area (Å²) in [6, 6.07) is 12.5. The molecule has 0 amide bonds. The van der Waals surface area contributed by atoms with Crippen LogP contribution in [-0.2, 0) is 16.0 Å². The number of anilines is 2. The SMILES string of the molecule is Cc1cc(Nc2nccc(C(F)(F)F)n2)cc(-c2cccc(S(C)(=O)=O)c2)c1. The van der Waals surface area contributed by atoms with Gasteiger partial charge in [-0.05, 0) is 53.9 Å². The molecule has 0 aliphatic heterocycles. The molecule has 0 saturated heterocycles. The van der Waals surface area contributed by atoms with Crippen LogP contribution >= 0.6 is 0 Å². The number of aromatic nitrogens is 2. The van der Waals surface area contributed by atoms with Crippen molar-refractivity contribution in [1.29, 1.82) is 0 Å². The predicted octanol–water partition coefficient (Wildman–Crippen LogP) is 4.62. The number of rotatable bonds is 4. The topological polar surface area (TPSA) is 72.0 Å². The van der Waals surface area contributed by atoms with Gasteiger partial charge in [0.1, 0.15) is 5.69 Å². The Kier molecular flexibility index (Phi) is 5.12. The van der Waals surface area contributed by atoms with Crippen LogP contribution in [-0.4, -0.2) is 24.6 Å². The van der Waals surface area contributed by atoms with E-state index in [1.807, 2.05) is 13.0 Å². The van der Waals surface area contributed by atoms with Gasteiger partial charge in [-0.1, -0.05) is 18.2 Å². The van der Waals surface area contributed by atoms with Crippen LogP contribution in [0.25, 0.3) is 11.1 Å². The lowest BCUT2D eigenvalue weighted by atomic mass is 10.0. The van der Waals surface area contributed by atoms with Crippen molar-refractivity contribution in [2.45, 2.75) is 18.0 Å². The predicted molar refractivity (Wildman–Crippen MR) is 100 cm³/mol. The summed E-state index contributed by atoms with van der Waals surface area (Å²) in [6.45, 7) is 1.82. The molecule has 0 radical (unpaired) electrons. The van der Waals surface area contributed by atoms with Crippen molar-refractivity contribution in [3.63, 3.8) is 0 Å². The summed E-state index contributed by atoms with van der Waals surface area (Å²) in [6.07, 6.45) is -2.41. The second-order valence-electron chi connectivity index (χ2n) is 6.28. The van der Waals surface area contributed by atoms with Crippen LogP contribution in [0.3, 0.4) is 0 Å². The van der Waals surface area contributed by atoms with Crippen molar-refractivity contribution in [3.05, 3.63) is 66.0 Å². The van der Waals surface area contributed by atoms with E-state index in [1.54, 1.807) is 30.3 Å². The molecule has 5 nitrogen and oxygen atoms in total. The molecule has 3 rings (SSSR count). The molecule has 0 aliphatic carbocycles. The Labute approximate surface area is 160 Å². The number of alkyl halides is 3. The van der Waals surface area contributed by atoms with Crippen molar-refractivity contribution in [2.75, 3.05) is 11.6 Å². The highest BCUT2D eigenvalue weighted by atomic mass is 32.2. The highest BCUT2D eigenvalue weighted by molar-refractivity contribution is 7.90. The Balaban J connectivity index is 1.97. The fourth-order valence-corrected chi connectivity index (χ4v) is 3.30. The van der Waals surface area contributed by atoms with Crippen molar-refractivity contribution >= 4 is 21.5 Å². The standard InChI is InChI=1S/C19H16F3N3O2S/c1-12-8-14(13-4-3-5-16(11-13)28(2,26)27)10-15(9-12)24-18-23-7-6-17(25-18)19(20,21)22/h3-11H,1-2H3,(H,23,24,25). The minimum atomic E-state index is -4.57. The zero-order chi connectivity index (χ0) is 20.5. The Morgan fingerprint density at radius 1 is 1.00 bits per heavy atom. The Morgan fingerprint density at radius 2 is 1.75 bits per heavy atom. The van der Waals surface area contributed by atoms with Gasteiger partial charge in [0.05, 0.1) is 4.90 Å². The quantitative estimate of drug-likeness (QED) is 0.683. The summed E-state index contributed by atoms with van der Waals surface area (Å²) in [5, 5.41) is 2.77. The van der Waals surface area contributed by atoms with E-state index >= 15 is 0 Å². The zero-order valence-electron chi connectivity index (χ0n) is 14.9. The maximum absolute atomic E-state index is 12.8. The van der Waals surface area contributed by atoms with E-state index in [1.165, 1.54) is 6.07 Å². The lowest BCUT2D eigenvalue weighted by molar-refractivity contribution is -0.141. The normalized spacial score (nSPS) is 12.0. The zero-order valence-corrected chi connectivity index (χ0v) is 15.8. The Bertz CT molecular complexity index is 1130. The lowest BCUT2D eigenvalue weighted by Gasteiger charge is -2.11. The van der Waals surface area contributed by atoms with Gasteiger partial charge in [0.25, 0.3) is 0 Å². The second kappa shape index (κ2) is 7.23. The van der Waals surface area contributed by atoms with Crippen LogP contribution in [0.15, 0.2) is 59.6 Å². The van der Waals surface area contributed by atoms with E-state index in [0.29, 0.717) is 16.8 Å². The van der Waals surface area contributed by atoms with E-state index in [9.17, 15) is 21.6 Å². The molecule has 0 unspecified atom stereocenters. The molecule has 146 valence electrons.